The maximum atomic E-state index is 5.55. The fourth-order valence-electron chi connectivity index (χ4n) is 2.55. The first-order valence-corrected chi connectivity index (χ1v) is 8.22. The van der Waals surface area contributed by atoms with Crippen LogP contribution in [0.3, 0.4) is 0 Å². The summed E-state index contributed by atoms with van der Waals surface area (Å²) in [6.07, 6.45) is 4.16. The summed E-state index contributed by atoms with van der Waals surface area (Å²) < 4.78 is 7.35. The van der Waals surface area contributed by atoms with Gasteiger partial charge in [-0.15, -0.1) is 5.10 Å². The van der Waals surface area contributed by atoms with Crippen LogP contribution in [0.25, 0.3) is 0 Å². The Labute approximate surface area is 141 Å². The number of ether oxygens (including phenoxy) is 1. The third-order valence-corrected chi connectivity index (χ3v) is 4.12. The number of nitrogens with zero attached hydrogens (tertiary/aromatic N) is 3. The molecule has 7 heteroatoms. The maximum Gasteiger partial charge on any atom is 0.248 e. The zero-order chi connectivity index (χ0) is 16.1. The van der Waals surface area contributed by atoms with Crippen molar-refractivity contribution in [2.45, 2.75) is 32.4 Å². The summed E-state index contributed by atoms with van der Waals surface area (Å²) in [5, 5.41) is 11.1. The van der Waals surface area contributed by atoms with Crippen molar-refractivity contribution in [1.82, 2.24) is 20.1 Å². The minimum atomic E-state index is 0.251. The molecule has 1 aromatic heterocycles. The lowest BCUT2D eigenvalue weighted by atomic mass is 10.1. The van der Waals surface area contributed by atoms with Crippen LogP contribution in [0.1, 0.15) is 24.0 Å². The van der Waals surface area contributed by atoms with Gasteiger partial charge in [0, 0.05) is 13.2 Å². The van der Waals surface area contributed by atoms with Gasteiger partial charge in [0.1, 0.15) is 6.33 Å². The lowest BCUT2D eigenvalue weighted by Gasteiger charge is -2.12. The SMILES string of the molecule is Cc1ccccc1Cn1cnc(NC(=S)NCC2CCCO2)n1. The van der Waals surface area contributed by atoms with Crippen molar-refractivity contribution in [2.24, 2.45) is 0 Å². The van der Waals surface area contributed by atoms with Gasteiger partial charge in [0.15, 0.2) is 5.11 Å². The van der Waals surface area contributed by atoms with Crippen LogP contribution >= 0.6 is 12.2 Å². The Kier molecular flexibility index (Phi) is 5.19. The van der Waals surface area contributed by atoms with Crippen LogP contribution in [0.5, 0.6) is 0 Å². The monoisotopic (exact) mass is 331 g/mol. The van der Waals surface area contributed by atoms with Gasteiger partial charge in [0.2, 0.25) is 5.95 Å². The van der Waals surface area contributed by atoms with E-state index >= 15 is 0 Å². The number of aryl methyl sites for hydroxylation is 1. The average molecular weight is 331 g/mol. The van der Waals surface area contributed by atoms with Crippen LogP contribution in [-0.2, 0) is 11.3 Å². The molecule has 0 aliphatic carbocycles. The molecule has 1 unspecified atom stereocenters. The molecule has 23 heavy (non-hydrogen) atoms. The molecule has 0 amide bonds. The molecular formula is C16H21N5OS. The number of anilines is 1. The highest BCUT2D eigenvalue weighted by Crippen LogP contribution is 2.11. The summed E-state index contributed by atoms with van der Waals surface area (Å²) in [6, 6.07) is 8.25. The van der Waals surface area contributed by atoms with Crippen molar-refractivity contribution < 1.29 is 4.74 Å². The molecule has 2 heterocycles. The second kappa shape index (κ2) is 7.52. The van der Waals surface area contributed by atoms with E-state index in [2.05, 4.69) is 39.8 Å². The molecule has 0 radical (unpaired) electrons. The molecule has 1 fully saturated rings. The van der Waals surface area contributed by atoms with E-state index in [9.17, 15) is 0 Å². The molecule has 1 saturated heterocycles. The van der Waals surface area contributed by atoms with Crippen LogP contribution in [0.2, 0.25) is 0 Å². The number of aromatic nitrogens is 3. The van der Waals surface area contributed by atoms with E-state index in [-0.39, 0.29) is 6.10 Å². The highest BCUT2D eigenvalue weighted by atomic mass is 32.1. The summed E-state index contributed by atoms with van der Waals surface area (Å²) in [6.45, 7) is 4.35. The molecule has 1 aromatic carbocycles. The third-order valence-electron chi connectivity index (χ3n) is 3.87. The molecule has 0 spiro atoms. The van der Waals surface area contributed by atoms with Gasteiger partial charge in [-0.1, -0.05) is 24.3 Å². The van der Waals surface area contributed by atoms with Gasteiger partial charge in [-0.05, 0) is 43.1 Å². The van der Waals surface area contributed by atoms with Gasteiger partial charge in [0.05, 0.1) is 12.6 Å². The minimum absolute atomic E-state index is 0.251. The van der Waals surface area contributed by atoms with E-state index in [1.165, 1.54) is 11.1 Å². The second-order valence-electron chi connectivity index (χ2n) is 5.66. The van der Waals surface area contributed by atoms with Crippen molar-refractivity contribution in [3.8, 4) is 0 Å². The Morgan fingerprint density at radius 1 is 1.43 bits per heavy atom. The van der Waals surface area contributed by atoms with Gasteiger partial charge in [-0.2, -0.15) is 0 Å². The quantitative estimate of drug-likeness (QED) is 0.818. The smallest absolute Gasteiger partial charge is 0.248 e. The molecule has 2 N–H and O–H groups in total. The Hall–Kier alpha value is -1.99. The normalized spacial score (nSPS) is 17.2. The largest absolute Gasteiger partial charge is 0.376 e. The summed E-state index contributed by atoms with van der Waals surface area (Å²) in [7, 11) is 0. The van der Waals surface area contributed by atoms with E-state index in [1.807, 2.05) is 12.1 Å². The number of hydrogen-bond donors (Lipinski definition) is 2. The molecular weight excluding hydrogens is 310 g/mol. The van der Waals surface area contributed by atoms with E-state index in [0.29, 0.717) is 17.6 Å². The standard InChI is InChI=1S/C16H21N5OS/c1-12-5-2-3-6-13(12)10-21-11-18-15(20-21)19-16(23)17-9-14-7-4-8-22-14/h2-3,5-6,11,14H,4,7-10H2,1H3,(H2,17,19,20,23). The molecule has 1 atom stereocenters. The molecule has 3 rings (SSSR count). The Balaban J connectivity index is 1.50. The van der Waals surface area contributed by atoms with Crippen molar-refractivity contribution in [3.63, 3.8) is 0 Å². The van der Waals surface area contributed by atoms with Crippen LogP contribution in [0.4, 0.5) is 5.95 Å². The Bertz CT molecular complexity index is 666. The Morgan fingerprint density at radius 3 is 3.09 bits per heavy atom. The topological polar surface area (TPSA) is 64.0 Å². The van der Waals surface area contributed by atoms with Crippen molar-refractivity contribution >= 4 is 23.3 Å². The zero-order valence-corrected chi connectivity index (χ0v) is 14.0. The predicted molar refractivity (Wildman–Crippen MR) is 93.5 cm³/mol. The summed E-state index contributed by atoms with van der Waals surface area (Å²) >= 11 is 5.26. The highest BCUT2D eigenvalue weighted by Gasteiger charge is 2.15. The third kappa shape index (κ3) is 4.49. The predicted octanol–water partition coefficient (Wildman–Crippen LogP) is 2.10. The van der Waals surface area contributed by atoms with Gasteiger partial charge >= 0.3 is 0 Å². The number of rotatable bonds is 5. The van der Waals surface area contributed by atoms with Gasteiger partial charge in [-0.3, -0.25) is 5.32 Å². The van der Waals surface area contributed by atoms with Gasteiger partial charge < -0.3 is 10.1 Å². The van der Waals surface area contributed by atoms with Crippen molar-refractivity contribution in [3.05, 3.63) is 41.7 Å². The number of nitrogens with one attached hydrogen (secondary N) is 2. The van der Waals surface area contributed by atoms with Gasteiger partial charge in [-0.25, -0.2) is 9.67 Å². The first-order valence-electron chi connectivity index (χ1n) is 7.81. The van der Waals surface area contributed by atoms with Crippen LogP contribution < -0.4 is 10.6 Å². The van der Waals surface area contributed by atoms with Crippen molar-refractivity contribution in [1.29, 1.82) is 0 Å². The Morgan fingerprint density at radius 2 is 2.30 bits per heavy atom. The molecule has 1 aliphatic heterocycles. The highest BCUT2D eigenvalue weighted by molar-refractivity contribution is 7.80. The molecule has 2 aromatic rings. The van der Waals surface area contributed by atoms with Crippen LogP contribution in [-0.4, -0.2) is 39.1 Å². The van der Waals surface area contributed by atoms with Gasteiger partial charge in [0.25, 0.3) is 0 Å². The summed E-state index contributed by atoms with van der Waals surface area (Å²) in [5.74, 6) is 0.503. The number of hydrogen-bond acceptors (Lipinski definition) is 4. The second-order valence-corrected chi connectivity index (χ2v) is 6.07. The molecule has 0 bridgehead atoms. The number of thiocarbonyl (C=S) groups is 1. The fourth-order valence-corrected chi connectivity index (χ4v) is 2.72. The number of benzene rings is 1. The van der Waals surface area contributed by atoms with E-state index in [4.69, 9.17) is 17.0 Å². The fraction of sp³-hybridized carbons (Fsp3) is 0.438. The molecule has 122 valence electrons. The lowest BCUT2D eigenvalue weighted by molar-refractivity contribution is 0.114. The lowest BCUT2D eigenvalue weighted by Crippen LogP contribution is -2.35. The maximum absolute atomic E-state index is 5.55. The summed E-state index contributed by atoms with van der Waals surface area (Å²) in [5.41, 5.74) is 2.47. The molecule has 6 nitrogen and oxygen atoms in total. The van der Waals surface area contributed by atoms with E-state index in [0.717, 1.165) is 26.0 Å². The van der Waals surface area contributed by atoms with Crippen molar-refractivity contribution in [2.75, 3.05) is 18.5 Å². The molecule has 1 aliphatic rings. The zero-order valence-electron chi connectivity index (χ0n) is 13.2. The first kappa shape index (κ1) is 15.9. The van der Waals surface area contributed by atoms with E-state index < -0.39 is 0 Å². The first-order chi connectivity index (χ1) is 11.2. The molecule has 0 saturated carbocycles. The van der Waals surface area contributed by atoms with E-state index in [1.54, 1.807) is 11.0 Å². The van der Waals surface area contributed by atoms with Crippen LogP contribution in [0.15, 0.2) is 30.6 Å². The minimum Gasteiger partial charge on any atom is -0.376 e. The average Bonchev–Trinajstić information content (AvgIpc) is 3.19. The van der Waals surface area contributed by atoms with Crippen LogP contribution in [0, 0.1) is 6.92 Å². The summed E-state index contributed by atoms with van der Waals surface area (Å²) in [4.78, 5) is 4.24.